The van der Waals surface area contributed by atoms with Crippen molar-refractivity contribution in [1.82, 2.24) is 20.4 Å². The van der Waals surface area contributed by atoms with Crippen LogP contribution in [0.5, 0.6) is 0 Å². The van der Waals surface area contributed by atoms with Gasteiger partial charge < -0.3 is 16.0 Å². The van der Waals surface area contributed by atoms with Crippen molar-refractivity contribution in [3.8, 4) is 0 Å². The Morgan fingerprint density at radius 1 is 1.42 bits per heavy atom. The molecule has 0 bridgehead atoms. The summed E-state index contributed by atoms with van der Waals surface area (Å²) in [4.78, 5) is 12.6. The van der Waals surface area contributed by atoms with Crippen LogP contribution in [-0.2, 0) is 11.3 Å². The molecule has 0 radical (unpaired) electrons. The van der Waals surface area contributed by atoms with E-state index >= 15 is 0 Å². The molecule has 0 spiro atoms. The topological polar surface area (TPSA) is 71.0 Å². The highest BCUT2D eigenvalue weighted by molar-refractivity contribution is 5.82. The number of rotatable bonds is 6. The van der Waals surface area contributed by atoms with Crippen molar-refractivity contribution in [2.45, 2.75) is 65.1 Å². The molecule has 0 aromatic carbocycles. The first-order valence-corrected chi connectivity index (χ1v) is 9.35. The van der Waals surface area contributed by atoms with Gasteiger partial charge in [-0.1, -0.05) is 26.7 Å². The monoisotopic (exact) mass is 333 g/mol. The molecule has 1 amide bonds. The molecular formula is C18H31N5O. The number of anilines is 1. The Kier molecular flexibility index (Phi) is 5.43. The zero-order valence-electron chi connectivity index (χ0n) is 15.1. The minimum absolute atomic E-state index is 0.119. The second kappa shape index (κ2) is 7.55. The molecule has 0 unspecified atom stereocenters. The highest BCUT2D eigenvalue weighted by Gasteiger charge is 2.27. The fraction of sp³-hybridized carbons (Fsp3) is 0.778. The number of amides is 1. The Bertz CT molecular complexity index is 562. The maximum absolute atomic E-state index is 12.6. The summed E-state index contributed by atoms with van der Waals surface area (Å²) < 4.78 is 2.04. The SMILES string of the molecule is Cc1cc2n(n1)C[C@H](CN[C@H](C(=O)NC1CCCC1)C(C)C)CN2. The van der Waals surface area contributed by atoms with Gasteiger partial charge in [-0.25, -0.2) is 4.68 Å². The van der Waals surface area contributed by atoms with Crippen LogP contribution in [0.1, 0.15) is 45.2 Å². The summed E-state index contributed by atoms with van der Waals surface area (Å²) in [5.41, 5.74) is 1.04. The van der Waals surface area contributed by atoms with Crippen molar-refractivity contribution in [2.75, 3.05) is 18.4 Å². The zero-order chi connectivity index (χ0) is 17.1. The molecular weight excluding hydrogens is 302 g/mol. The van der Waals surface area contributed by atoms with Crippen LogP contribution in [0.2, 0.25) is 0 Å². The van der Waals surface area contributed by atoms with Gasteiger partial charge in [0, 0.05) is 37.7 Å². The smallest absolute Gasteiger partial charge is 0.237 e. The molecule has 134 valence electrons. The van der Waals surface area contributed by atoms with Gasteiger partial charge in [-0.2, -0.15) is 5.10 Å². The molecule has 24 heavy (non-hydrogen) atoms. The maximum atomic E-state index is 12.6. The highest BCUT2D eigenvalue weighted by Crippen LogP contribution is 2.19. The number of hydrogen-bond donors (Lipinski definition) is 3. The summed E-state index contributed by atoms with van der Waals surface area (Å²) in [5.74, 6) is 1.99. The quantitative estimate of drug-likeness (QED) is 0.744. The van der Waals surface area contributed by atoms with E-state index in [1.165, 1.54) is 12.8 Å². The summed E-state index contributed by atoms with van der Waals surface area (Å²) in [6.07, 6.45) is 4.74. The Balaban J connectivity index is 1.51. The van der Waals surface area contributed by atoms with Gasteiger partial charge in [-0.05, 0) is 25.7 Å². The summed E-state index contributed by atoms with van der Waals surface area (Å²) in [6.45, 7) is 8.89. The van der Waals surface area contributed by atoms with Gasteiger partial charge in [0.2, 0.25) is 5.91 Å². The number of aromatic nitrogens is 2. The normalized spacial score (nSPS) is 22.2. The van der Waals surface area contributed by atoms with E-state index in [9.17, 15) is 4.79 Å². The van der Waals surface area contributed by atoms with E-state index in [0.717, 1.165) is 44.0 Å². The van der Waals surface area contributed by atoms with E-state index in [4.69, 9.17) is 0 Å². The summed E-state index contributed by atoms with van der Waals surface area (Å²) in [6, 6.07) is 2.34. The van der Waals surface area contributed by atoms with E-state index < -0.39 is 0 Å². The third-order valence-electron chi connectivity index (χ3n) is 5.18. The Hall–Kier alpha value is -1.56. The first-order valence-electron chi connectivity index (χ1n) is 9.35. The molecule has 2 atom stereocenters. The van der Waals surface area contributed by atoms with Crippen molar-refractivity contribution in [3.63, 3.8) is 0 Å². The summed E-state index contributed by atoms with van der Waals surface area (Å²) in [7, 11) is 0. The number of fused-ring (bicyclic) bond motifs is 1. The van der Waals surface area contributed by atoms with Crippen molar-refractivity contribution < 1.29 is 4.79 Å². The van der Waals surface area contributed by atoms with Crippen LogP contribution in [0.25, 0.3) is 0 Å². The third kappa shape index (κ3) is 4.09. The molecule has 1 aliphatic heterocycles. The lowest BCUT2D eigenvalue weighted by Gasteiger charge is -2.29. The van der Waals surface area contributed by atoms with Crippen molar-refractivity contribution in [3.05, 3.63) is 11.8 Å². The highest BCUT2D eigenvalue weighted by atomic mass is 16.2. The molecule has 1 fully saturated rings. The standard InChI is InChI=1S/C18H31N5O/c1-12(2)17(18(24)21-15-6-4-5-7-15)20-10-14-9-19-16-8-13(3)22-23(16)11-14/h8,12,14-15,17,19-20H,4-7,9-11H2,1-3H3,(H,21,24)/t14-,17-/m0/s1. The molecule has 0 saturated heterocycles. The number of carbonyl (C=O) groups is 1. The largest absolute Gasteiger partial charge is 0.370 e. The molecule has 1 saturated carbocycles. The average Bonchev–Trinajstić information content (AvgIpc) is 3.14. The fourth-order valence-electron chi connectivity index (χ4n) is 3.81. The third-order valence-corrected chi connectivity index (χ3v) is 5.18. The predicted octanol–water partition coefficient (Wildman–Crippen LogP) is 1.91. The minimum Gasteiger partial charge on any atom is -0.370 e. The predicted molar refractivity (Wildman–Crippen MR) is 96.0 cm³/mol. The molecule has 2 heterocycles. The lowest BCUT2D eigenvalue weighted by molar-refractivity contribution is -0.124. The van der Waals surface area contributed by atoms with Gasteiger partial charge in [0.1, 0.15) is 5.82 Å². The van der Waals surface area contributed by atoms with Gasteiger partial charge in [0.15, 0.2) is 0 Å². The maximum Gasteiger partial charge on any atom is 0.237 e. The van der Waals surface area contributed by atoms with Crippen LogP contribution < -0.4 is 16.0 Å². The minimum atomic E-state index is -0.119. The number of aryl methyl sites for hydroxylation is 1. The van der Waals surface area contributed by atoms with Crippen LogP contribution in [0.4, 0.5) is 5.82 Å². The van der Waals surface area contributed by atoms with Crippen molar-refractivity contribution in [1.29, 1.82) is 0 Å². The van der Waals surface area contributed by atoms with Crippen molar-refractivity contribution in [2.24, 2.45) is 11.8 Å². The van der Waals surface area contributed by atoms with Gasteiger partial charge in [-0.15, -0.1) is 0 Å². The second-order valence-electron chi connectivity index (χ2n) is 7.72. The van der Waals surface area contributed by atoms with E-state index in [1.54, 1.807) is 0 Å². The van der Waals surface area contributed by atoms with Gasteiger partial charge in [-0.3, -0.25) is 4.79 Å². The van der Waals surface area contributed by atoms with E-state index in [0.29, 0.717) is 12.0 Å². The number of nitrogens with one attached hydrogen (secondary N) is 3. The van der Waals surface area contributed by atoms with E-state index in [-0.39, 0.29) is 17.9 Å². The summed E-state index contributed by atoms with van der Waals surface area (Å²) >= 11 is 0. The van der Waals surface area contributed by atoms with E-state index in [2.05, 4.69) is 41.0 Å². The van der Waals surface area contributed by atoms with Crippen LogP contribution in [0.15, 0.2) is 6.07 Å². The fourth-order valence-corrected chi connectivity index (χ4v) is 3.81. The Morgan fingerprint density at radius 2 is 2.17 bits per heavy atom. The van der Waals surface area contributed by atoms with Gasteiger partial charge in [0.05, 0.1) is 11.7 Å². The van der Waals surface area contributed by atoms with Crippen LogP contribution in [0, 0.1) is 18.8 Å². The molecule has 6 nitrogen and oxygen atoms in total. The molecule has 1 aliphatic carbocycles. The van der Waals surface area contributed by atoms with Crippen LogP contribution >= 0.6 is 0 Å². The average molecular weight is 333 g/mol. The first kappa shape index (κ1) is 17.3. The summed E-state index contributed by atoms with van der Waals surface area (Å²) in [5, 5.41) is 14.7. The van der Waals surface area contributed by atoms with Gasteiger partial charge >= 0.3 is 0 Å². The molecule has 6 heteroatoms. The Morgan fingerprint density at radius 3 is 2.88 bits per heavy atom. The Labute approximate surface area is 144 Å². The molecule has 3 N–H and O–H groups in total. The van der Waals surface area contributed by atoms with E-state index in [1.807, 2.05) is 11.6 Å². The van der Waals surface area contributed by atoms with Gasteiger partial charge in [0.25, 0.3) is 0 Å². The number of nitrogens with zero attached hydrogens (tertiary/aromatic N) is 2. The number of carbonyl (C=O) groups excluding carboxylic acids is 1. The lowest BCUT2D eigenvalue weighted by Crippen LogP contribution is -2.51. The van der Waals surface area contributed by atoms with Crippen LogP contribution in [-0.4, -0.2) is 40.9 Å². The lowest BCUT2D eigenvalue weighted by atomic mass is 10.0. The molecule has 3 rings (SSSR count). The number of hydrogen-bond acceptors (Lipinski definition) is 4. The molecule has 2 aliphatic rings. The van der Waals surface area contributed by atoms with Crippen molar-refractivity contribution >= 4 is 11.7 Å². The zero-order valence-corrected chi connectivity index (χ0v) is 15.1. The molecule has 1 aromatic heterocycles. The first-order chi connectivity index (χ1) is 11.5. The van der Waals surface area contributed by atoms with Crippen LogP contribution in [0.3, 0.4) is 0 Å². The molecule has 1 aromatic rings. The second-order valence-corrected chi connectivity index (χ2v) is 7.72.